The normalized spacial score (nSPS) is 18.5. The van der Waals surface area contributed by atoms with Gasteiger partial charge in [-0.05, 0) is 55.0 Å². The molecule has 1 aliphatic heterocycles. The maximum Gasteiger partial charge on any atom is 0.0594 e. The van der Waals surface area contributed by atoms with Crippen LogP contribution in [0.1, 0.15) is 24.1 Å². The summed E-state index contributed by atoms with van der Waals surface area (Å²) in [5.41, 5.74) is 5.87. The van der Waals surface area contributed by atoms with Gasteiger partial charge in [-0.1, -0.05) is 28.1 Å². The van der Waals surface area contributed by atoms with E-state index >= 15 is 0 Å². The molecule has 0 unspecified atom stereocenters. The minimum atomic E-state index is 0.878. The molecule has 0 N–H and O–H groups in total. The Hall–Kier alpha value is -1.10. The van der Waals surface area contributed by atoms with Crippen LogP contribution in [-0.4, -0.2) is 42.3 Å². The summed E-state index contributed by atoms with van der Waals surface area (Å²) < 4.78 is 9.21. The van der Waals surface area contributed by atoms with E-state index in [1.54, 1.807) is 11.3 Å². The van der Waals surface area contributed by atoms with Crippen LogP contribution in [0.3, 0.4) is 0 Å². The fraction of sp³-hybridized carbons (Fsp3) is 0.500. The molecule has 1 aromatic heterocycles. The zero-order valence-electron chi connectivity index (χ0n) is 14.1. The topological polar surface area (TPSA) is 17.4 Å². The minimum absolute atomic E-state index is 0.878. The summed E-state index contributed by atoms with van der Waals surface area (Å²) in [6, 6.07) is 11.2. The van der Waals surface area contributed by atoms with E-state index in [0.717, 1.165) is 43.9 Å². The van der Waals surface area contributed by atoms with Crippen LogP contribution >= 0.6 is 15.9 Å². The fourth-order valence-corrected chi connectivity index (χ4v) is 4.21. The molecule has 1 aliphatic carbocycles. The number of aryl methyl sites for hydroxylation is 1. The van der Waals surface area contributed by atoms with Crippen molar-refractivity contribution >= 4 is 15.9 Å². The third-order valence-electron chi connectivity index (χ3n) is 5.29. The number of halogens is 1. The third-order valence-corrected chi connectivity index (χ3v) is 5.82. The maximum absolute atomic E-state index is 5.48. The van der Waals surface area contributed by atoms with Gasteiger partial charge in [-0.15, -0.1) is 0 Å². The summed E-state index contributed by atoms with van der Waals surface area (Å²) in [4.78, 5) is 2.53. The van der Waals surface area contributed by atoms with E-state index < -0.39 is 0 Å². The lowest BCUT2D eigenvalue weighted by molar-refractivity contribution is 0.0363. The highest BCUT2D eigenvalue weighted by Gasteiger charge is 2.20. The van der Waals surface area contributed by atoms with E-state index in [9.17, 15) is 0 Å². The van der Waals surface area contributed by atoms with Crippen LogP contribution in [0.15, 0.2) is 34.8 Å². The van der Waals surface area contributed by atoms with E-state index in [0.29, 0.717) is 0 Å². The van der Waals surface area contributed by atoms with Gasteiger partial charge in [-0.2, -0.15) is 0 Å². The lowest BCUT2D eigenvalue weighted by Crippen LogP contribution is -2.38. The Morgan fingerprint density at radius 1 is 0.958 bits per heavy atom. The van der Waals surface area contributed by atoms with Gasteiger partial charge in [-0.3, -0.25) is 4.90 Å². The molecule has 0 amide bonds. The molecule has 1 fully saturated rings. The molecular formula is C20H25BrN2O. The van der Waals surface area contributed by atoms with E-state index in [-0.39, 0.29) is 0 Å². The molecule has 1 saturated heterocycles. The van der Waals surface area contributed by atoms with Crippen molar-refractivity contribution in [2.75, 3.05) is 32.8 Å². The second-order valence-corrected chi connectivity index (χ2v) is 7.74. The first kappa shape index (κ1) is 16.4. The van der Waals surface area contributed by atoms with Crippen molar-refractivity contribution in [3.8, 4) is 11.3 Å². The summed E-state index contributed by atoms with van der Waals surface area (Å²) in [6.07, 6.45) is 5.13. The van der Waals surface area contributed by atoms with Gasteiger partial charge in [0.2, 0.25) is 0 Å². The summed E-state index contributed by atoms with van der Waals surface area (Å²) >= 11 is 3.55. The predicted octanol–water partition coefficient (Wildman–Crippen LogP) is 4.13. The standard InChI is InChI=1S/C20H25BrN2O/c21-18-7-5-16(6-8-18)20-15-17-3-1-2-4-19(17)23(20)10-9-22-11-13-24-14-12-22/h5-8,15H,1-4,9-14H2. The van der Waals surface area contributed by atoms with Gasteiger partial charge in [0.1, 0.15) is 0 Å². The molecular weight excluding hydrogens is 364 g/mol. The molecule has 2 heterocycles. The van der Waals surface area contributed by atoms with E-state index in [4.69, 9.17) is 4.74 Å². The number of rotatable bonds is 4. The zero-order valence-corrected chi connectivity index (χ0v) is 15.7. The van der Waals surface area contributed by atoms with Crippen molar-refractivity contribution < 1.29 is 4.74 Å². The number of fused-ring (bicyclic) bond motifs is 1. The van der Waals surface area contributed by atoms with Gasteiger partial charge >= 0.3 is 0 Å². The van der Waals surface area contributed by atoms with Crippen molar-refractivity contribution in [3.05, 3.63) is 46.1 Å². The van der Waals surface area contributed by atoms with Crippen molar-refractivity contribution in [1.29, 1.82) is 0 Å². The van der Waals surface area contributed by atoms with Crippen molar-refractivity contribution in [2.24, 2.45) is 0 Å². The van der Waals surface area contributed by atoms with Gasteiger partial charge in [0.15, 0.2) is 0 Å². The first-order valence-corrected chi connectivity index (χ1v) is 9.88. The molecule has 4 heteroatoms. The molecule has 3 nitrogen and oxygen atoms in total. The van der Waals surface area contributed by atoms with Crippen molar-refractivity contribution in [3.63, 3.8) is 0 Å². The quantitative estimate of drug-likeness (QED) is 0.783. The van der Waals surface area contributed by atoms with Gasteiger partial charge in [0.05, 0.1) is 13.2 Å². The number of aromatic nitrogens is 1. The Bertz CT molecular complexity index is 686. The number of ether oxygens (including phenoxy) is 1. The van der Waals surface area contributed by atoms with Crippen LogP contribution in [-0.2, 0) is 24.1 Å². The van der Waals surface area contributed by atoms with Crippen LogP contribution in [0.25, 0.3) is 11.3 Å². The van der Waals surface area contributed by atoms with Crippen LogP contribution in [0.2, 0.25) is 0 Å². The second-order valence-electron chi connectivity index (χ2n) is 6.82. The van der Waals surface area contributed by atoms with Gasteiger partial charge in [0.25, 0.3) is 0 Å². The van der Waals surface area contributed by atoms with Gasteiger partial charge < -0.3 is 9.30 Å². The summed E-state index contributed by atoms with van der Waals surface area (Å²) in [5, 5.41) is 0. The molecule has 2 aliphatic rings. The molecule has 2 aromatic rings. The highest BCUT2D eigenvalue weighted by Crippen LogP contribution is 2.31. The first-order valence-electron chi connectivity index (χ1n) is 9.08. The van der Waals surface area contributed by atoms with Crippen LogP contribution < -0.4 is 0 Å². The number of nitrogens with zero attached hydrogens (tertiary/aromatic N) is 2. The summed E-state index contributed by atoms with van der Waals surface area (Å²) in [6.45, 7) is 6.09. The summed E-state index contributed by atoms with van der Waals surface area (Å²) in [7, 11) is 0. The van der Waals surface area contributed by atoms with Crippen molar-refractivity contribution in [1.82, 2.24) is 9.47 Å². The number of benzene rings is 1. The highest BCUT2D eigenvalue weighted by molar-refractivity contribution is 9.10. The fourth-order valence-electron chi connectivity index (χ4n) is 3.95. The third kappa shape index (κ3) is 3.46. The monoisotopic (exact) mass is 388 g/mol. The molecule has 0 atom stereocenters. The van der Waals surface area contributed by atoms with Crippen LogP contribution in [0, 0.1) is 0 Å². The van der Waals surface area contributed by atoms with Gasteiger partial charge in [-0.25, -0.2) is 0 Å². The number of morpholine rings is 1. The molecule has 4 rings (SSSR count). The Balaban J connectivity index is 1.62. The van der Waals surface area contributed by atoms with E-state index in [2.05, 4.69) is 55.7 Å². The molecule has 1 aromatic carbocycles. The maximum atomic E-state index is 5.48. The summed E-state index contributed by atoms with van der Waals surface area (Å²) in [5.74, 6) is 0. The number of hydrogen-bond donors (Lipinski definition) is 0. The molecule has 0 bridgehead atoms. The predicted molar refractivity (Wildman–Crippen MR) is 101 cm³/mol. The van der Waals surface area contributed by atoms with Crippen molar-refractivity contribution in [2.45, 2.75) is 32.2 Å². The lowest BCUT2D eigenvalue weighted by atomic mass is 9.98. The molecule has 0 saturated carbocycles. The highest BCUT2D eigenvalue weighted by atomic mass is 79.9. The first-order chi connectivity index (χ1) is 11.8. The second kappa shape index (κ2) is 7.42. The number of hydrogen-bond acceptors (Lipinski definition) is 2. The molecule has 0 spiro atoms. The minimum Gasteiger partial charge on any atom is -0.379 e. The molecule has 24 heavy (non-hydrogen) atoms. The SMILES string of the molecule is Brc1ccc(-c2cc3c(n2CCN2CCOCC2)CCCC3)cc1. The lowest BCUT2D eigenvalue weighted by Gasteiger charge is -2.27. The Labute approximate surface area is 152 Å². The average Bonchev–Trinajstić information content (AvgIpc) is 3.00. The van der Waals surface area contributed by atoms with E-state index in [1.807, 2.05) is 0 Å². The van der Waals surface area contributed by atoms with Gasteiger partial charge in [0, 0.05) is 42.0 Å². The Morgan fingerprint density at radius 3 is 2.50 bits per heavy atom. The zero-order chi connectivity index (χ0) is 16.4. The van der Waals surface area contributed by atoms with E-state index in [1.165, 1.54) is 36.9 Å². The molecule has 0 radical (unpaired) electrons. The largest absolute Gasteiger partial charge is 0.379 e. The average molecular weight is 389 g/mol. The Morgan fingerprint density at radius 2 is 1.71 bits per heavy atom. The van der Waals surface area contributed by atoms with Crippen LogP contribution in [0.5, 0.6) is 0 Å². The smallest absolute Gasteiger partial charge is 0.0594 e. The molecule has 128 valence electrons. The Kier molecular flexibility index (Phi) is 5.06. The van der Waals surface area contributed by atoms with Crippen LogP contribution in [0.4, 0.5) is 0 Å².